The van der Waals surface area contributed by atoms with Gasteiger partial charge in [0, 0.05) is 23.6 Å². The van der Waals surface area contributed by atoms with Gasteiger partial charge in [-0.25, -0.2) is 0 Å². The second-order valence-corrected chi connectivity index (χ2v) is 7.05. The van der Waals surface area contributed by atoms with Crippen molar-refractivity contribution >= 4 is 5.91 Å². The Hall–Kier alpha value is -2.21. The molecule has 6 heteroatoms. The highest BCUT2D eigenvalue weighted by molar-refractivity contribution is 5.94. The maximum Gasteiger partial charge on any atom is 0.257 e. The first kappa shape index (κ1) is 14.2. The molecule has 6 nitrogen and oxygen atoms in total. The normalized spacial score (nSPS) is 27.8. The van der Waals surface area contributed by atoms with Crippen molar-refractivity contribution < 1.29 is 14.1 Å². The molecule has 3 aliphatic rings. The number of carbonyl (C=O) groups is 1. The molecule has 2 saturated carbocycles. The Balaban J connectivity index is 1.21. The van der Waals surface area contributed by atoms with Crippen molar-refractivity contribution in [3.05, 3.63) is 35.7 Å². The first-order valence-electron chi connectivity index (χ1n) is 8.59. The van der Waals surface area contributed by atoms with Gasteiger partial charge in [0.2, 0.25) is 0 Å². The minimum atomic E-state index is -0.0309. The largest absolute Gasteiger partial charge is 0.381 e. The van der Waals surface area contributed by atoms with Crippen LogP contribution in [0.2, 0.25) is 0 Å². The highest BCUT2D eigenvalue weighted by atomic mass is 16.5. The Morgan fingerprint density at radius 1 is 1.17 bits per heavy atom. The fraction of sp³-hybridized carbons (Fsp3) is 0.500. The maximum absolute atomic E-state index is 12.3. The molecule has 3 fully saturated rings. The molecule has 1 aromatic heterocycles. The third-order valence-electron chi connectivity index (χ3n) is 5.41. The van der Waals surface area contributed by atoms with Crippen molar-refractivity contribution in [1.82, 2.24) is 15.5 Å². The van der Waals surface area contributed by atoms with E-state index in [1.165, 1.54) is 0 Å². The van der Waals surface area contributed by atoms with Gasteiger partial charge >= 0.3 is 0 Å². The van der Waals surface area contributed by atoms with Gasteiger partial charge in [0.05, 0.1) is 13.2 Å². The Bertz CT molecular complexity index is 756. The molecule has 0 radical (unpaired) electrons. The van der Waals surface area contributed by atoms with Crippen LogP contribution in [0, 0.1) is 17.8 Å². The number of ether oxygens (including phenoxy) is 1. The summed E-state index contributed by atoms with van der Waals surface area (Å²) in [7, 11) is 0. The third-order valence-corrected chi connectivity index (χ3v) is 5.41. The van der Waals surface area contributed by atoms with Gasteiger partial charge in [-0.05, 0) is 54.9 Å². The fourth-order valence-electron chi connectivity index (χ4n) is 3.60. The predicted octanol–water partition coefficient (Wildman–Crippen LogP) is 2.24. The minimum Gasteiger partial charge on any atom is -0.381 e. The zero-order valence-electron chi connectivity index (χ0n) is 13.3. The van der Waals surface area contributed by atoms with Gasteiger partial charge < -0.3 is 14.6 Å². The topological polar surface area (TPSA) is 77.2 Å². The SMILES string of the molecule is O=C(NCC1C2COCC12)c1ccc(-c2nc(C3CC3)no2)cc1. The van der Waals surface area contributed by atoms with Crippen molar-refractivity contribution in [1.29, 1.82) is 0 Å². The van der Waals surface area contributed by atoms with Crippen LogP contribution < -0.4 is 5.32 Å². The average molecular weight is 325 g/mol. The lowest BCUT2D eigenvalue weighted by atomic mass is 10.1. The lowest BCUT2D eigenvalue weighted by Crippen LogP contribution is -2.27. The molecular weight excluding hydrogens is 306 g/mol. The van der Waals surface area contributed by atoms with Crippen molar-refractivity contribution in [3.63, 3.8) is 0 Å². The van der Waals surface area contributed by atoms with Gasteiger partial charge in [0.25, 0.3) is 11.8 Å². The summed E-state index contributed by atoms with van der Waals surface area (Å²) in [4.78, 5) is 16.7. The van der Waals surface area contributed by atoms with Gasteiger partial charge in [-0.2, -0.15) is 4.98 Å². The quantitative estimate of drug-likeness (QED) is 0.912. The summed E-state index contributed by atoms with van der Waals surface area (Å²) in [6, 6.07) is 7.34. The predicted molar refractivity (Wildman–Crippen MR) is 85.3 cm³/mol. The van der Waals surface area contributed by atoms with Gasteiger partial charge in [-0.3, -0.25) is 4.79 Å². The number of aromatic nitrogens is 2. The molecule has 1 saturated heterocycles. The van der Waals surface area contributed by atoms with Crippen LogP contribution in [0.4, 0.5) is 0 Å². The van der Waals surface area contributed by atoms with Gasteiger partial charge in [-0.15, -0.1) is 0 Å². The monoisotopic (exact) mass is 325 g/mol. The van der Waals surface area contributed by atoms with Gasteiger partial charge in [0.15, 0.2) is 5.82 Å². The summed E-state index contributed by atoms with van der Waals surface area (Å²) in [6.07, 6.45) is 2.29. The van der Waals surface area contributed by atoms with E-state index in [1.807, 2.05) is 24.3 Å². The Labute approximate surface area is 139 Å². The number of amides is 1. The van der Waals surface area contributed by atoms with E-state index in [4.69, 9.17) is 9.26 Å². The Kier molecular flexibility index (Phi) is 3.19. The summed E-state index contributed by atoms with van der Waals surface area (Å²) in [5, 5.41) is 7.05. The molecule has 124 valence electrons. The van der Waals surface area contributed by atoms with Crippen LogP contribution in [0.5, 0.6) is 0 Å². The maximum atomic E-state index is 12.3. The number of hydrogen-bond donors (Lipinski definition) is 1. The van der Waals surface area contributed by atoms with E-state index in [0.29, 0.717) is 35.1 Å². The number of benzene rings is 1. The van der Waals surface area contributed by atoms with Crippen molar-refractivity contribution in [2.45, 2.75) is 18.8 Å². The van der Waals surface area contributed by atoms with E-state index in [9.17, 15) is 4.79 Å². The fourth-order valence-corrected chi connectivity index (χ4v) is 3.60. The molecule has 24 heavy (non-hydrogen) atoms. The standard InChI is InChI=1S/C18H19N3O3/c22-17(19-7-13-14-8-23-9-15(13)14)11-3-5-12(6-4-11)18-20-16(21-24-18)10-1-2-10/h3-6,10,13-15H,1-2,7-9H2,(H,19,22). The second kappa shape index (κ2) is 5.41. The molecule has 1 aromatic carbocycles. The van der Waals surface area contributed by atoms with Crippen LogP contribution in [0.25, 0.3) is 11.5 Å². The molecule has 0 spiro atoms. The number of rotatable bonds is 5. The lowest BCUT2D eigenvalue weighted by molar-refractivity contribution is 0.0943. The summed E-state index contributed by atoms with van der Waals surface area (Å²) in [5.74, 6) is 3.68. The van der Waals surface area contributed by atoms with Crippen LogP contribution in [0.15, 0.2) is 28.8 Å². The molecule has 0 bridgehead atoms. The van der Waals surface area contributed by atoms with Crippen LogP contribution in [0.3, 0.4) is 0 Å². The van der Waals surface area contributed by atoms with E-state index in [2.05, 4.69) is 15.5 Å². The summed E-state index contributed by atoms with van der Waals surface area (Å²) >= 11 is 0. The number of nitrogens with zero attached hydrogens (tertiary/aromatic N) is 2. The summed E-state index contributed by atoms with van der Waals surface area (Å²) < 4.78 is 10.7. The summed E-state index contributed by atoms with van der Waals surface area (Å²) in [6.45, 7) is 2.45. The highest BCUT2D eigenvalue weighted by Crippen LogP contribution is 2.50. The summed E-state index contributed by atoms with van der Waals surface area (Å²) in [5.41, 5.74) is 1.50. The Morgan fingerprint density at radius 3 is 2.62 bits per heavy atom. The van der Waals surface area contributed by atoms with Crippen LogP contribution in [-0.2, 0) is 4.74 Å². The smallest absolute Gasteiger partial charge is 0.257 e. The molecule has 2 unspecified atom stereocenters. The molecule has 1 N–H and O–H groups in total. The first-order valence-corrected chi connectivity index (χ1v) is 8.59. The molecule has 2 aliphatic carbocycles. The van der Waals surface area contributed by atoms with E-state index < -0.39 is 0 Å². The average Bonchev–Trinajstić information content (AvgIpc) is 3.46. The zero-order valence-corrected chi connectivity index (χ0v) is 13.3. The first-order chi connectivity index (χ1) is 11.8. The highest BCUT2D eigenvalue weighted by Gasteiger charge is 2.53. The molecule has 2 aromatic rings. The van der Waals surface area contributed by atoms with Crippen molar-refractivity contribution in [2.24, 2.45) is 17.8 Å². The van der Waals surface area contributed by atoms with E-state index in [-0.39, 0.29) is 5.91 Å². The van der Waals surface area contributed by atoms with E-state index in [0.717, 1.165) is 44.0 Å². The molecule has 1 aliphatic heterocycles. The van der Waals surface area contributed by atoms with E-state index >= 15 is 0 Å². The van der Waals surface area contributed by atoms with Gasteiger partial charge in [0.1, 0.15) is 0 Å². The molecular formula is C18H19N3O3. The van der Waals surface area contributed by atoms with E-state index in [1.54, 1.807) is 0 Å². The number of nitrogens with one attached hydrogen (secondary N) is 1. The number of fused-ring (bicyclic) bond motifs is 1. The number of hydrogen-bond acceptors (Lipinski definition) is 5. The minimum absolute atomic E-state index is 0.0309. The molecule has 2 atom stereocenters. The van der Waals surface area contributed by atoms with Crippen molar-refractivity contribution in [3.8, 4) is 11.5 Å². The second-order valence-electron chi connectivity index (χ2n) is 7.05. The molecule has 2 heterocycles. The third kappa shape index (κ3) is 2.51. The van der Waals surface area contributed by atoms with Crippen molar-refractivity contribution in [2.75, 3.05) is 19.8 Å². The van der Waals surface area contributed by atoms with Crippen LogP contribution in [0.1, 0.15) is 34.9 Å². The Morgan fingerprint density at radius 2 is 1.92 bits per heavy atom. The van der Waals surface area contributed by atoms with Gasteiger partial charge in [-0.1, -0.05) is 5.16 Å². The number of carbonyl (C=O) groups excluding carboxylic acids is 1. The zero-order chi connectivity index (χ0) is 16.1. The molecule has 1 amide bonds. The van der Waals surface area contributed by atoms with Crippen LogP contribution in [-0.4, -0.2) is 35.8 Å². The lowest BCUT2D eigenvalue weighted by Gasteiger charge is -2.07. The molecule has 5 rings (SSSR count). The van der Waals surface area contributed by atoms with Crippen LogP contribution >= 0.6 is 0 Å².